The number of benzene rings is 4. The van der Waals surface area contributed by atoms with Crippen LogP contribution in [0.4, 0.5) is 4.39 Å². The SMILES string of the molecule is C[C@@H](O)[C@H](NC(=O)CNC(=O)[C@H](CCC(=O)O)NC(=O)[C@]1(C)CCCN1C(=O)C(N)Cc1c[nH]cn1)C(=O)NC(C)(Cc1ccccc1F)C(=O)N[C@H](C(=O)N[C@@H](CO)C(=O)N[C@@H](CC(=O)O)C(=O)N[C@@H](Cc1ccc(-n2cc(CCCCCCCCCCCCCCCC(=O)O)nn2)cc1)C(=O)N[C@@H](Cc1ccc(-c2ccccc2)cc1)C(N)=O)[C@@H](C)O. The van der Waals surface area contributed by atoms with Crippen LogP contribution in [-0.2, 0) is 99.2 Å². The molecule has 1 saturated heterocycles. The van der Waals surface area contributed by atoms with Crippen molar-refractivity contribution in [1.29, 1.82) is 0 Å². The number of hydrogen-bond acceptors (Lipinski definition) is 21. The molecular weight excluding hydrogens is 1610 g/mol. The van der Waals surface area contributed by atoms with E-state index in [2.05, 4.69) is 68.1 Å². The van der Waals surface area contributed by atoms with Crippen molar-refractivity contribution in [2.24, 2.45) is 11.5 Å². The first kappa shape index (κ1) is 98.7. The molecule has 124 heavy (non-hydrogen) atoms. The summed E-state index contributed by atoms with van der Waals surface area (Å²) in [4.78, 5) is 198. The quantitative estimate of drug-likeness (QED) is 0.0242. The molecule has 0 saturated carbocycles. The maximum atomic E-state index is 15.6. The highest BCUT2D eigenvalue weighted by molar-refractivity contribution is 6.01. The third-order valence-electron chi connectivity index (χ3n) is 21.6. The number of amides is 11. The summed E-state index contributed by atoms with van der Waals surface area (Å²) in [7, 11) is 0. The zero-order valence-corrected chi connectivity index (χ0v) is 70.1. The van der Waals surface area contributed by atoms with Crippen LogP contribution in [0, 0.1) is 5.82 Å². The summed E-state index contributed by atoms with van der Waals surface area (Å²) in [5, 5.41) is 90.9. The van der Waals surface area contributed by atoms with Gasteiger partial charge >= 0.3 is 17.9 Å². The van der Waals surface area contributed by atoms with E-state index in [0.29, 0.717) is 35.3 Å². The highest BCUT2D eigenvalue weighted by atomic mass is 19.1. The van der Waals surface area contributed by atoms with Gasteiger partial charge < -0.3 is 99.8 Å². The monoisotopic (exact) mass is 1730 g/mol. The number of aromatic nitrogens is 5. The van der Waals surface area contributed by atoms with Gasteiger partial charge in [-0.25, -0.2) is 14.1 Å². The van der Waals surface area contributed by atoms with E-state index in [9.17, 15) is 92.7 Å². The van der Waals surface area contributed by atoms with Crippen LogP contribution in [0.3, 0.4) is 0 Å². The summed E-state index contributed by atoms with van der Waals surface area (Å²) in [5.41, 5.74) is 12.5. The fraction of sp³-hybridized carbons (Fsp3) is 0.500. The van der Waals surface area contributed by atoms with Crippen LogP contribution in [-0.4, -0.2) is 235 Å². The molecule has 38 heteroatoms. The van der Waals surface area contributed by atoms with Crippen LogP contribution in [0.1, 0.15) is 178 Å². The Morgan fingerprint density at radius 3 is 1.70 bits per heavy atom. The number of carboxylic acid groups (broad SMARTS) is 3. The zero-order valence-electron chi connectivity index (χ0n) is 70.1. The first-order valence-electron chi connectivity index (χ1n) is 41.7. The van der Waals surface area contributed by atoms with E-state index in [1.807, 2.05) is 42.5 Å². The van der Waals surface area contributed by atoms with Crippen LogP contribution >= 0.6 is 0 Å². The Bertz CT molecular complexity index is 4580. The molecular formula is C86H116FN17O20. The summed E-state index contributed by atoms with van der Waals surface area (Å²) in [6, 6.07) is 13.9. The number of nitrogens with zero attached hydrogens (tertiary/aromatic N) is 5. The Morgan fingerprint density at radius 2 is 1.12 bits per heavy atom. The number of likely N-dealkylation sites (tertiary alicyclic amines) is 1. The summed E-state index contributed by atoms with van der Waals surface area (Å²) >= 11 is 0. The molecule has 11 amide bonds. The molecule has 0 spiro atoms. The van der Waals surface area contributed by atoms with Gasteiger partial charge in [-0.05, 0) is 112 Å². The number of primary amides is 1. The number of H-pyrrole nitrogens is 1. The molecule has 0 aliphatic carbocycles. The molecule has 1 aliphatic rings. The highest BCUT2D eigenvalue weighted by Gasteiger charge is 2.48. The number of carbonyl (C=O) groups excluding carboxylic acids is 11. The Hall–Kier alpha value is -12.4. The van der Waals surface area contributed by atoms with E-state index in [1.165, 1.54) is 55.6 Å². The summed E-state index contributed by atoms with van der Waals surface area (Å²) in [6.45, 7) is 2.38. The number of imidazole rings is 1. The zero-order chi connectivity index (χ0) is 90.6. The molecule has 6 aromatic rings. The number of hydrogen-bond donors (Lipinski definition) is 18. The number of nitrogens with two attached hydrogens (primary N) is 2. The number of aliphatic hydroxyl groups is 3. The minimum absolute atomic E-state index is 0.0259. The van der Waals surface area contributed by atoms with E-state index in [4.69, 9.17) is 16.6 Å². The lowest BCUT2D eigenvalue weighted by Gasteiger charge is -2.36. The van der Waals surface area contributed by atoms with Crippen molar-refractivity contribution in [3.8, 4) is 16.8 Å². The number of aryl methyl sites for hydroxylation is 1. The molecule has 3 heterocycles. The maximum absolute atomic E-state index is 15.6. The maximum Gasteiger partial charge on any atom is 0.305 e. The van der Waals surface area contributed by atoms with Gasteiger partial charge in [-0.2, -0.15) is 0 Å². The average molecular weight is 1730 g/mol. The van der Waals surface area contributed by atoms with Crippen LogP contribution in [0.5, 0.6) is 0 Å². The van der Waals surface area contributed by atoms with Crippen molar-refractivity contribution in [2.75, 3.05) is 19.7 Å². The van der Waals surface area contributed by atoms with E-state index in [0.717, 1.165) is 108 Å². The normalized spacial score (nSPS) is 16.0. The summed E-state index contributed by atoms with van der Waals surface area (Å²) < 4.78 is 17.2. The number of carbonyl (C=O) groups is 14. The lowest BCUT2D eigenvalue weighted by Crippen LogP contribution is -2.67. The minimum Gasteiger partial charge on any atom is -0.481 e. The molecule has 4 aromatic carbocycles. The lowest BCUT2D eigenvalue weighted by molar-refractivity contribution is -0.146. The Morgan fingerprint density at radius 1 is 0.581 bits per heavy atom. The van der Waals surface area contributed by atoms with Gasteiger partial charge in [0.2, 0.25) is 65.0 Å². The van der Waals surface area contributed by atoms with Gasteiger partial charge in [-0.1, -0.05) is 161 Å². The molecule has 2 unspecified atom stereocenters. The van der Waals surface area contributed by atoms with Crippen molar-refractivity contribution in [2.45, 2.75) is 253 Å². The molecule has 20 N–H and O–H groups in total. The van der Waals surface area contributed by atoms with Gasteiger partial charge in [-0.3, -0.25) is 67.1 Å². The molecule has 1 aliphatic heterocycles. The number of halogens is 1. The largest absolute Gasteiger partial charge is 0.481 e. The van der Waals surface area contributed by atoms with Crippen LogP contribution in [0.2, 0.25) is 0 Å². The number of carboxylic acids is 3. The van der Waals surface area contributed by atoms with Crippen LogP contribution in [0.25, 0.3) is 16.8 Å². The number of nitrogens with one attached hydrogen (secondary N) is 10. The average Bonchev–Trinajstić information content (AvgIpc) is 1.62. The van der Waals surface area contributed by atoms with E-state index < -0.39 is 199 Å². The molecule has 7 rings (SSSR count). The van der Waals surface area contributed by atoms with Crippen molar-refractivity contribution < 1.29 is 102 Å². The Balaban J connectivity index is 1.01. The predicted octanol–water partition coefficient (Wildman–Crippen LogP) is 1.83. The van der Waals surface area contributed by atoms with Crippen LogP contribution in [0.15, 0.2) is 122 Å². The Kier molecular flexibility index (Phi) is 39.0. The molecule has 672 valence electrons. The second-order valence-corrected chi connectivity index (χ2v) is 31.7. The molecule has 37 nitrogen and oxygen atoms in total. The van der Waals surface area contributed by atoms with Gasteiger partial charge in [0, 0.05) is 51.3 Å². The Labute approximate surface area is 716 Å². The number of rotatable bonds is 54. The van der Waals surface area contributed by atoms with Crippen molar-refractivity contribution in [3.05, 3.63) is 156 Å². The minimum atomic E-state index is -2.44. The molecule has 0 radical (unpaired) electrons. The van der Waals surface area contributed by atoms with Gasteiger partial charge in [0.1, 0.15) is 59.2 Å². The smallest absolute Gasteiger partial charge is 0.305 e. The second kappa shape index (κ2) is 49.0. The number of aliphatic carboxylic acids is 3. The third-order valence-corrected chi connectivity index (χ3v) is 21.6. The van der Waals surface area contributed by atoms with E-state index in [1.54, 1.807) is 53.5 Å². The lowest BCUT2D eigenvalue weighted by atomic mass is 9.90. The highest BCUT2D eigenvalue weighted by Crippen LogP contribution is 2.31. The predicted molar refractivity (Wildman–Crippen MR) is 448 cm³/mol. The van der Waals surface area contributed by atoms with Gasteiger partial charge in [0.05, 0.1) is 67.4 Å². The first-order chi connectivity index (χ1) is 59.1. The molecule has 1 fully saturated rings. The molecule has 0 bridgehead atoms. The van der Waals surface area contributed by atoms with Crippen LogP contribution < -0.4 is 59.3 Å². The first-order valence-corrected chi connectivity index (χ1v) is 41.7. The van der Waals surface area contributed by atoms with Crippen molar-refractivity contribution >= 4 is 82.9 Å². The summed E-state index contributed by atoms with van der Waals surface area (Å²) in [5.74, 6) is -17.1. The van der Waals surface area contributed by atoms with E-state index >= 15 is 4.39 Å². The van der Waals surface area contributed by atoms with Gasteiger partial charge in [0.25, 0.3) is 0 Å². The van der Waals surface area contributed by atoms with E-state index in [-0.39, 0.29) is 44.2 Å². The summed E-state index contributed by atoms with van der Waals surface area (Å²) in [6.07, 6.45) is 12.7. The third kappa shape index (κ3) is 31.2. The van der Waals surface area contributed by atoms with Crippen molar-refractivity contribution in [3.63, 3.8) is 0 Å². The second-order valence-electron chi connectivity index (χ2n) is 31.7. The number of unbranched alkanes of at least 4 members (excludes halogenated alkanes) is 12. The fourth-order valence-electron chi connectivity index (χ4n) is 14.4. The van der Waals surface area contributed by atoms with Gasteiger partial charge in [0.15, 0.2) is 0 Å². The topological polar surface area (TPSA) is 583 Å². The standard InChI is InChI=1S/C86H116FN17O20/c1-52(106)73(99-83(123)85(3,46-58-26-21-22-28-62(58)87)100-81(121)74(53(2)107)98-69(108)48-91-76(116)64(38-39-71(111)112)97-84(124)86(4)40-23-41-103(86)82(122)63(88)44-60-47-90-51-92-60)80(120)96-68(50-105)79(119)95-67(45-72(113)114)78(118)94-66(77(117)93-65(75(89)115)42-54-30-34-57(35-31-54)56-24-17-16-18-25-56)43-55-32-36-61(37-33-55)104-49-59(101-102-104)27-19-14-12-10-8-6-5-7-9-11-13-15-20-29-70(109)110/h16-18,21-22,24-26,28,30-37,47,49,51-53,63-68,73-74,105-107H,5-15,19-20,23,27,29,38-46,48,50,88H2,1-4H3,(H2,89,115)(H,90,92)(H,91,116)(H,93,117)(H,94,118)(H,95,119)(H,96,120)(H,97,124)(H,98,108)(H,99,123)(H,100,121)(H,109,110)(H,111,112)(H,113,114)/t52-,53-,63?,64+,65+,66+,67+,68+,73+,74+,85?,86+/m1/s1. The number of aliphatic hydroxyl groups excluding tert-OH is 3. The van der Waals surface area contributed by atoms with Gasteiger partial charge in [-0.15, -0.1) is 5.10 Å². The fourth-order valence-corrected chi connectivity index (χ4v) is 14.4. The molecule has 12 atom stereocenters. The molecule has 2 aromatic heterocycles. The van der Waals surface area contributed by atoms with Crippen molar-refractivity contribution in [1.82, 2.24) is 77.7 Å². The number of aromatic amines is 1.